The van der Waals surface area contributed by atoms with Crippen LogP contribution in [-0.2, 0) is 9.53 Å². The molecule has 0 spiro atoms. The number of nitrogens with one attached hydrogen (secondary N) is 1. The topological polar surface area (TPSA) is 64.6 Å². The minimum Gasteiger partial charge on any atom is -0.497 e. The highest BCUT2D eigenvalue weighted by molar-refractivity contribution is 5.91. The van der Waals surface area contributed by atoms with Gasteiger partial charge in [0.15, 0.2) is 6.61 Å². The first-order chi connectivity index (χ1) is 10.6. The van der Waals surface area contributed by atoms with E-state index in [2.05, 4.69) is 12.2 Å². The average molecular weight is 305 g/mol. The van der Waals surface area contributed by atoms with Crippen LogP contribution < -0.4 is 10.1 Å². The number of hydrogen-bond donors (Lipinski definition) is 1. The maximum absolute atomic E-state index is 11.9. The van der Waals surface area contributed by atoms with Gasteiger partial charge in [-0.2, -0.15) is 0 Å². The van der Waals surface area contributed by atoms with Crippen LogP contribution in [0.5, 0.6) is 5.75 Å². The van der Waals surface area contributed by atoms with Gasteiger partial charge in [0.2, 0.25) is 0 Å². The van der Waals surface area contributed by atoms with E-state index in [1.54, 1.807) is 24.3 Å². The molecule has 1 fully saturated rings. The number of hydrogen-bond acceptors (Lipinski definition) is 4. The van der Waals surface area contributed by atoms with Gasteiger partial charge in [0.25, 0.3) is 5.91 Å². The number of amides is 1. The van der Waals surface area contributed by atoms with E-state index < -0.39 is 5.97 Å². The van der Waals surface area contributed by atoms with Gasteiger partial charge in [-0.3, -0.25) is 4.79 Å². The van der Waals surface area contributed by atoms with Gasteiger partial charge in [0.1, 0.15) is 5.75 Å². The second kappa shape index (κ2) is 7.82. The second-order valence-electron chi connectivity index (χ2n) is 5.74. The molecule has 2 rings (SSSR count). The van der Waals surface area contributed by atoms with Crippen LogP contribution in [0.3, 0.4) is 0 Å². The summed E-state index contributed by atoms with van der Waals surface area (Å²) in [6, 6.07) is 6.86. The average Bonchev–Trinajstić information content (AvgIpc) is 2.55. The third-order valence-corrected chi connectivity index (χ3v) is 4.10. The molecular weight excluding hydrogens is 282 g/mol. The summed E-state index contributed by atoms with van der Waals surface area (Å²) >= 11 is 0. The number of esters is 1. The Kier molecular flexibility index (Phi) is 5.81. The summed E-state index contributed by atoms with van der Waals surface area (Å²) in [5.74, 6) is 0.294. The zero-order valence-electron chi connectivity index (χ0n) is 13.1. The molecule has 0 heterocycles. The van der Waals surface area contributed by atoms with Gasteiger partial charge in [-0.15, -0.1) is 0 Å². The Morgan fingerprint density at radius 1 is 1.27 bits per heavy atom. The SMILES string of the molecule is COc1cccc(C(=O)OCC(=O)N[C@H]2CCCC[C@H]2C)c1. The molecule has 0 radical (unpaired) electrons. The Labute approximate surface area is 131 Å². The number of benzene rings is 1. The van der Waals surface area contributed by atoms with Gasteiger partial charge in [0, 0.05) is 6.04 Å². The van der Waals surface area contributed by atoms with Crippen LogP contribution in [0.2, 0.25) is 0 Å². The lowest BCUT2D eigenvalue weighted by molar-refractivity contribution is -0.125. The van der Waals surface area contributed by atoms with E-state index in [1.165, 1.54) is 13.5 Å². The maximum atomic E-state index is 11.9. The number of carbonyl (C=O) groups excluding carboxylic acids is 2. The maximum Gasteiger partial charge on any atom is 0.338 e. The van der Waals surface area contributed by atoms with E-state index in [9.17, 15) is 9.59 Å². The molecule has 120 valence electrons. The Balaban J connectivity index is 1.81. The Morgan fingerprint density at radius 2 is 2.05 bits per heavy atom. The van der Waals surface area contributed by atoms with Gasteiger partial charge >= 0.3 is 5.97 Å². The minimum atomic E-state index is -0.522. The van der Waals surface area contributed by atoms with Crippen molar-refractivity contribution in [1.29, 1.82) is 0 Å². The van der Waals surface area contributed by atoms with E-state index in [1.807, 2.05) is 0 Å². The molecule has 0 unspecified atom stereocenters. The van der Waals surface area contributed by atoms with Gasteiger partial charge in [-0.25, -0.2) is 4.79 Å². The van der Waals surface area contributed by atoms with Crippen molar-refractivity contribution in [2.45, 2.75) is 38.6 Å². The van der Waals surface area contributed by atoms with E-state index in [4.69, 9.17) is 9.47 Å². The Morgan fingerprint density at radius 3 is 2.77 bits per heavy atom. The number of methoxy groups -OCH3 is 1. The van der Waals surface area contributed by atoms with Crippen LogP contribution in [0.15, 0.2) is 24.3 Å². The first kappa shape index (κ1) is 16.3. The van der Waals surface area contributed by atoms with E-state index >= 15 is 0 Å². The molecule has 2 atom stereocenters. The molecule has 1 amide bonds. The molecule has 0 aliphatic heterocycles. The zero-order valence-corrected chi connectivity index (χ0v) is 13.1. The van der Waals surface area contributed by atoms with E-state index in [0.717, 1.165) is 19.3 Å². The molecule has 1 aliphatic rings. The van der Waals surface area contributed by atoms with Crippen molar-refractivity contribution >= 4 is 11.9 Å². The molecule has 1 aromatic carbocycles. The fraction of sp³-hybridized carbons (Fsp3) is 0.529. The monoisotopic (exact) mass is 305 g/mol. The van der Waals surface area contributed by atoms with Crippen molar-refractivity contribution in [2.24, 2.45) is 5.92 Å². The number of ether oxygens (including phenoxy) is 2. The summed E-state index contributed by atoms with van der Waals surface area (Å²) < 4.78 is 10.1. The highest BCUT2D eigenvalue weighted by Crippen LogP contribution is 2.23. The summed E-state index contributed by atoms with van der Waals surface area (Å²) in [5, 5.41) is 2.96. The predicted octanol–water partition coefficient (Wildman–Crippen LogP) is 2.55. The highest BCUT2D eigenvalue weighted by atomic mass is 16.5. The molecule has 0 saturated heterocycles. The number of rotatable bonds is 5. The molecular formula is C17H23NO4. The second-order valence-corrected chi connectivity index (χ2v) is 5.74. The Bertz CT molecular complexity index is 529. The summed E-state index contributed by atoms with van der Waals surface area (Å²) in [5.41, 5.74) is 0.373. The third-order valence-electron chi connectivity index (χ3n) is 4.10. The molecule has 5 nitrogen and oxygen atoms in total. The predicted molar refractivity (Wildman–Crippen MR) is 82.8 cm³/mol. The molecule has 1 aliphatic carbocycles. The standard InChI is InChI=1S/C17H23NO4/c1-12-6-3-4-9-15(12)18-16(19)11-22-17(20)13-7-5-8-14(10-13)21-2/h5,7-8,10,12,15H,3-4,6,9,11H2,1-2H3,(H,18,19)/t12-,15+/m1/s1. The van der Waals surface area contributed by atoms with Crippen molar-refractivity contribution < 1.29 is 19.1 Å². The first-order valence-electron chi connectivity index (χ1n) is 7.70. The minimum absolute atomic E-state index is 0.191. The van der Waals surface area contributed by atoms with Crippen molar-refractivity contribution in [1.82, 2.24) is 5.32 Å². The lowest BCUT2D eigenvalue weighted by Crippen LogP contribution is -2.42. The van der Waals surface area contributed by atoms with Crippen LogP contribution in [0.4, 0.5) is 0 Å². The fourth-order valence-electron chi connectivity index (χ4n) is 2.74. The lowest BCUT2D eigenvalue weighted by atomic mass is 9.86. The summed E-state index contributed by atoms with van der Waals surface area (Å²) in [4.78, 5) is 23.8. The van der Waals surface area contributed by atoms with Crippen molar-refractivity contribution in [3.63, 3.8) is 0 Å². The molecule has 1 saturated carbocycles. The van der Waals surface area contributed by atoms with Gasteiger partial charge < -0.3 is 14.8 Å². The van der Waals surface area contributed by atoms with Crippen molar-refractivity contribution in [2.75, 3.05) is 13.7 Å². The first-order valence-corrected chi connectivity index (χ1v) is 7.70. The molecule has 5 heteroatoms. The van der Waals surface area contributed by atoms with Crippen LogP contribution in [0.1, 0.15) is 43.0 Å². The van der Waals surface area contributed by atoms with Gasteiger partial charge in [-0.05, 0) is 37.0 Å². The van der Waals surface area contributed by atoms with Crippen LogP contribution >= 0.6 is 0 Å². The third kappa shape index (κ3) is 4.48. The largest absolute Gasteiger partial charge is 0.497 e. The molecule has 0 bridgehead atoms. The summed E-state index contributed by atoms with van der Waals surface area (Å²) in [6.07, 6.45) is 4.49. The Hall–Kier alpha value is -2.04. The van der Waals surface area contributed by atoms with Gasteiger partial charge in [0.05, 0.1) is 12.7 Å². The molecule has 1 N–H and O–H groups in total. The van der Waals surface area contributed by atoms with Crippen LogP contribution in [0, 0.1) is 5.92 Å². The summed E-state index contributed by atoms with van der Waals surface area (Å²) in [6.45, 7) is 1.89. The quantitative estimate of drug-likeness (QED) is 0.849. The van der Waals surface area contributed by atoms with Gasteiger partial charge in [-0.1, -0.05) is 25.8 Å². The smallest absolute Gasteiger partial charge is 0.338 e. The molecule has 22 heavy (non-hydrogen) atoms. The zero-order chi connectivity index (χ0) is 15.9. The molecule has 1 aromatic rings. The van der Waals surface area contributed by atoms with Crippen molar-refractivity contribution in [3.8, 4) is 5.75 Å². The molecule has 0 aromatic heterocycles. The number of carbonyl (C=O) groups is 2. The van der Waals surface area contributed by atoms with Crippen LogP contribution in [-0.4, -0.2) is 31.6 Å². The fourth-order valence-corrected chi connectivity index (χ4v) is 2.74. The van der Waals surface area contributed by atoms with Crippen LogP contribution in [0.25, 0.3) is 0 Å². The van der Waals surface area contributed by atoms with E-state index in [0.29, 0.717) is 17.2 Å². The highest BCUT2D eigenvalue weighted by Gasteiger charge is 2.23. The lowest BCUT2D eigenvalue weighted by Gasteiger charge is -2.29. The van der Waals surface area contributed by atoms with E-state index in [-0.39, 0.29) is 18.6 Å². The summed E-state index contributed by atoms with van der Waals surface area (Å²) in [7, 11) is 1.53. The van der Waals surface area contributed by atoms with Crippen molar-refractivity contribution in [3.05, 3.63) is 29.8 Å². The normalized spacial score (nSPS) is 21.0.